The fourth-order valence-corrected chi connectivity index (χ4v) is 6.97. The first-order valence-corrected chi connectivity index (χ1v) is 16.6. The van der Waals surface area contributed by atoms with Crippen molar-refractivity contribution < 1.29 is 28.7 Å². The first kappa shape index (κ1) is 34.8. The van der Waals surface area contributed by atoms with Gasteiger partial charge >= 0.3 is 0 Å². The van der Waals surface area contributed by atoms with Crippen molar-refractivity contribution >= 4 is 47.1 Å². The Balaban J connectivity index is 1.44. The highest BCUT2D eigenvalue weighted by Crippen LogP contribution is 2.35. The van der Waals surface area contributed by atoms with Crippen LogP contribution < -0.4 is 16.0 Å². The van der Waals surface area contributed by atoms with Gasteiger partial charge in [0.2, 0.25) is 17.7 Å². The van der Waals surface area contributed by atoms with Crippen LogP contribution in [-0.4, -0.2) is 85.1 Å². The molecule has 0 radical (unpaired) electrons. The van der Waals surface area contributed by atoms with Gasteiger partial charge < -0.3 is 30.3 Å². The minimum atomic E-state index is -0.934. The van der Waals surface area contributed by atoms with Crippen LogP contribution in [0.4, 0.5) is 0 Å². The van der Waals surface area contributed by atoms with Crippen LogP contribution in [0.25, 0.3) is 10.4 Å². The summed E-state index contributed by atoms with van der Waals surface area (Å²) in [6.07, 6.45) is 1.48. The van der Waals surface area contributed by atoms with Crippen molar-refractivity contribution in [2.45, 2.75) is 78.1 Å². The molecule has 2 fully saturated rings. The fraction of sp³-hybridized carbons (Fsp3) is 0.594. The molecule has 1 aromatic heterocycles. The van der Waals surface area contributed by atoms with E-state index in [4.69, 9.17) is 21.1 Å². The maximum Gasteiger partial charge on any atom is 0.293 e. The number of hydrogen-bond acceptors (Lipinski definition) is 9. The summed E-state index contributed by atoms with van der Waals surface area (Å²) in [5, 5.41) is 9.69. The molecule has 3 amide bonds. The van der Waals surface area contributed by atoms with Crippen LogP contribution in [0.2, 0.25) is 5.02 Å². The Morgan fingerprint density at radius 1 is 1.22 bits per heavy atom. The molecule has 1 aromatic carbocycles. The number of thiazole rings is 1. The van der Waals surface area contributed by atoms with Crippen LogP contribution in [0.5, 0.6) is 0 Å². The van der Waals surface area contributed by atoms with Gasteiger partial charge in [-0.15, -0.1) is 11.3 Å². The van der Waals surface area contributed by atoms with E-state index in [1.165, 1.54) is 16.2 Å². The van der Waals surface area contributed by atoms with Crippen LogP contribution in [0.3, 0.4) is 0 Å². The van der Waals surface area contributed by atoms with Gasteiger partial charge in [-0.1, -0.05) is 44.5 Å². The summed E-state index contributed by atoms with van der Waals surface area (Å²) in [4.78, 5) is 58.4. The van der Waals surface area contributed by atoms with Crippen LogP contribution in [-0.2, 0) is 28.7 Å². The number of aryl methyl sites for hydroxylation is 1. The number of nitrogens with zero attached hydrogens (tertiary/aromatic N) is 2. The standard InChI is InChI=1S/C32H44ClN5O6S/c1-19(22-6-7-24(25(33)12-22)28-20(2)35-17-45-28)36-30(41)26-13-23(44-18-39)14-38(26)31(42)29(32(3,4)5)37-27(40)16-43-15-21-8-10-34-11-9-21/h6-7,12,17-19,21,23,26,29,34H,8-11,13-16H2,1-5H3,(H,36,41)(H,37,40)/t19-,23+,26-,29+/m0/s1. The Kier molecular flexibility index (Phi) is 12.0. The van der Waals surface area contributed by atoms with Crippen LogP contribution in [0.15, 0.2) is 23.7 Å². The molecule has 2 aliphatic heterocycles. The van der Waals surface area contributed by atoms with Crippen molar-refractivity contribution in [1.29, 1.82) is 0 Å². The normalized spacial score (nSPS) is 20.4. The molecule has 0 unspecified atom stereocenters. The van der Waals surface area contributed by atoms with E-state index < -0.39 is 47.4 Å². The van der Waals surface area contributed by atoms with Crippen molar-refractivity contribution in [3.63, 3.8) is 0 Å². The number of piperidine rings is 1. The van der Waals surface area contributed by atoms with Gasteiger partial charge in [0.1, 0.15) is 24.8 Å². The van der Waals surface area contributed by atoms with E-state index >= 15 is 0 Å². The summed E-state index contributed by atoms with van der Waals surface area (Å²) in [6, 6.07) is 3.36. The zero-order valence-electron chi connectivity index (χ0n) is 26.6. The lowest BCUT2D eigenvalue weighted by atomic mass is 9.85. The van der Waals surface area contributed by atoms with E-state index in [1.54, 1.807) is 5.51 Å². The van der Waals surface area contributed by atoms with Gasteiger partial charge in [-0.3, -0.25) is 19.2 Å². The summed E-state index contributed by atoms with van der Waals surface area (Å²) in [6.45, 7) is 11.9. The summed E-state index contributed by atoms with van der Waals surface area (Å²) in [7, 11) is 0. The van der Waals surface area contributed by atoms with Gasteiger partial charge in [0, 0.05) is 17.0 Å². The molecule has 4 atom stereocenters. The molecule has 2 saturated heterocycles. The molecule has 11 nitrogen and oxygen atoms in total. The maximum absolute atomic E-state index is 14.0. The smallest absolute Gasteiger partial charge is 0.293 e. The van der Waals surface area contributed by atoms with Crippen molar-refractivity contribution in [3.8, 4) is 10.4 Å². The summed E-state index contributed by atoms with van der Waals surface area (Å²) in [5.74, 6) is -0.820. The highest BCUT2D eigenvalue weighted by atomic mass is 35.5. The molecule has 4 rings (SSSR count). The number of benzene rings is 1. The maximum atomic E-state index is 14.0. The highest BCUT2D eigenvalue weighted by molar-refractivity contribution is 7.13. The second kappa shape index (κ2) is 15.5. The van der Waals surface area contributed by atoms with E-state index in [0.717, 1.165) is 47.6 Å². The molecule has 3 heterocycles. The predicted octanol–water partition coefficient (Wildman–Crippen LogP) is 3.64. The molecule has 0 saturated carbocycles. The summed E-state index contributed by atoms with van der Waals surface area (Å²) < 4.78 is 10.9. The average molecular weight is 662 g/mol. The van der Waals surface area contributed by atoms with E-state index in [9.17, 15) is 19.2 Å². The van der Waals surface area contributed by atoms with Crippen LogP contribution >= 0.6 is 22.9 Å². The number of likely N-dealkylation sites (tertiary alicyclic amines) is 1. The Morgan fingerprint density at radius 2 is 1.96 bits per heavy atom. The third-order valence-corrected chi connectivity index (χ3v) is 9.68. The molecule has 45 heavy (non-hydrogen) atoms. The predicted molar refractivity (Wildman–Crippen MR) is 173 cm³/mol. The minimum absolute atomic E-state index is 0.0352. The number of ether oxygens (including phenoxy) is 2. The zero-order chi connectivity index (χ0) is 32.7. The number of aromatic nitrogens is 1. The molecular formula is C32H44ClN5O6S. The lowest BCUT2D eigenvalue weighted by Crippen LogP contribution is -2.58. The first-order chi connectivity index (χ1) is 21.4. The van der Waals surface area contributed by atoms with E-state index in [0.29, 0.717) is 24.0 Å². The second-order valence-electron chi connectivity index (χ2n) is 12.9. The van der Waals surface area contributed by atoms with E-state index in [2.05, 4.69) is 20.9 Å². The van der Waals surface area contributed by atoms with Crippen LogP contribution in [0.1, 0.15) is 64.3 Å². The Labute approximate surface area is 273 Å². The lowest BCUT2D eigenvalue weighted by molar-refractivity contribution is -0.145. The number of rotatable bonds is 12. The molecular weight excluding hydrogens is 618 g/mol. The van der Waals surface area contributed by atoms with E-state index in [-0.39, 0.29) is 19.6 Å². The van der Waals surface area contributed by atoms with Gasteiger partial charge in [0.15, 0.2) is 0 Å². The third-order valence-electron chi connectivity index (χ3n) is 8.40. The summed E-state index contributed by atoms with van der Waals surface area (Å²) >= 11 is 8.13. The molecule has 0 bridgehead atoms. The second-order valence-corrected chi connectivity index (χ2v) is 14.2. The average Bonchev–Trinajstić information content (AvgIpc) is 3.62. The van der Waals surface area contributed by atoms with Gasteiger partial charge in [-0.25, -0.2) is 4.98 Å². The Bertz CT molecular complexity index is 1360. The van der Waals surface area contributed by atoms with Gasteiger partial charge in [0.25, 0.3) is 6.47 Å². The molecule has 246 valence electrons. The number of halogens is 1. The van der Waals surface area contributed by atoms with Crippen molar-refractivity contribution in [2.24, 2.45) is 11.3 Å². The fourth-order valence-electron chi connectivity index (χ4n) is 5.79. The largest absolute Gasteiger partial charge is 0.463 e. The lowest BCUT2D eigenvalue weighted by Gasteiger charge is -2.35. The Morgan fingerprint density at radius 3 is 2.58 bits per heavy atom. The number of amides is 3. The number of hydrogen-bond donors (Lipinski definition) is 3. The molecule has 0 spiro atoms. The SMILES string of the molecule is Cc1ncsc1-c1ccc([C@H](C)NC(=O)[C@@H]2C[C@@H](OC=O)CN2C(=O)[C@@H](NC(=O)COCC2CCNCC2)C(C)(C)C)cc1Cl. The number of carbonyl (C=O) groups excluding carboxylic acids is 4. The van der Waals surface area contributed by atoms with Crippen molar-refractivity contribution in [1.82, 2.24) is 25.8 Å². The monoisotopic (exact) mass is 661 g/mol. The third kappa shape index (κ3) is 9.02. The van der Waals surface area contributed by atoms with Crippen molar-refractivity contribution in [3.05, 3.63) is 40.0 Å². The summed E-state index contributed by atoms with van der Waals surface area (Å²) in [5.41, 5.74) is 3.65. The first-order valence-electron chi connectivity index (χ1n) is 15.4. The molecule has 2 aromatic rings. The molecule has 13 heteroatoms. The minimum Gasteiger partial charge on any atom is -0.463 e. The topological polar surface area (TPSA) is 139 Å². The Hall–Kier alpha value is -3.06. The molecule has 3 N–H and O–H groups in total. The van der Waals surface area contributed by atoms with E-state index in [1.807, 2.05) is 52.8 Å². The quantitative estimate of drug-likeness (QED) is 0.293. The molecule has 0 aliphatic carbocycles. The van der Waals surface area contributed by atoms with Gasteiger partial charge in [0.05, 0.1) is 35.3 Å². The zero-order valence-corrected chi connectivity index (χ0v) is 28.1. The van der Waals surface area contributed by atoms with Gasteiger partial charge in [-0.05, 0) is 62.7 Å². The number of carbonyl (C=O) groups is 4. The molecule has 2 aliphatic rings. The van der Waals surface area contributed by atoms with Crippen LogP contribution in [0, 0.1) is 18.3 Å². The number of nitrogens with one attached hydrogen (secondary N) is 3. The van der Waals surface area contributed by atoms with Crippen molar-refractivity contribution in [2.75, 3.05) is 32.8 Å². The van der Waals surface area contributed by atoms with Gasteiger partial charge in [-0.2, -0.15) is 0 Å². The highest BCUT2D eigenvalue weighted by Gasteiger charge is 2.45.